The molecule has 0 aliphatic heterocycles. The first-order chi connectivity index (χ1) is 12.4. The van der Waals surface area contributed by atoms with Crippen LogP contribution < -0.4 is 16.0 Å². The van der Waals surface area contributed by atoms with Crippen molar-refractivity contribution in [2.75, 3.05) is 20.1 Å². The van der Waals surface area contributed by atoms with E-state index >= 15 is 0 Å². The summed E-state index contributed by atoms with van der Waals surface area (Å²) >= 11 is 0. The summed E-state index contributed by atoms with van der Waals surface area (Å²) in [4.78, 5) is 16.1. The van der Waals surface area contributed by atoms with Crippen LogP contribution in [0.4, 0.5) is 0 Å². The Labute approximate surface area is 181 Å². The minimum atomic E-state index is -0.215. The third-order valence-corrected chi connectivity index (χ3v) is 4.83. The third kappa shape index (κ3) is 8.95. The molecule has 1 amide bonds. The van der Waals surface area contributed by atoms with Gasteiger partial charge in [0.1, 0.15) is 0 Å². The number of rotatable bonds is 5. The first-order valence-electron chi connectivity index (χ1n) is 9.68. The molecule has 1 aromatic rings. The fourth-order valence-corrected chi connectivity index (χ4v) is 3.51. The molecular formula is C21H35IN4O. The zero-order valence-electron chi connectivity index (χ0n) is 17.0. The quantitative estimate of drug-likeness (QED) is 0.338. The van der Waals surface area contributed by atoms with Gasteiger partial charge in [-0.05, 0) is 63.9 Å². The smallest absolute Gasteiger partial charge is 0.239 e. The SMILES string of the molecule is CN=C(NCC(=O)NC(C)(C)C)NCC1CCC(c2ccccc2)CC1.I. The van der Waals surface area contributed by atoms with Crippen molar-refractivity contribution in [2.24, 2.45) is 10.9 Å². The Kier molecular flexibility index (Phi) is 10.1. The molecule has 0 bridgehead atoms. The number of halogens is 1. The van der Waals surface area contributed by atoms with E-state index in [0.29, 0.717) is 17.8 Å². The molecule has 6 heteroatoms. The second kappa shape index (κ2) is 11.5. The average molecular weight is 486 g/mol. The van der Waals surface area contributed by atoms with E-state index in [2.05, 4.69) is 51.3 Å². The van der Waals surface area contributed by atoms with E-state index in [1.54, 1.807) is 7.05 Å². The number of nitrogens with one attached hydrogen (secondary N) is 3. The molecule has 1 aliphatic carbocycles. The van der Waals surface area contributed by atoms with Crippen molar-refractivity contribution in [3.05, 3.63) is 35.9 Å². The molecule has 152 valence electrons. The number of aliphatic imine (C=N–C) groups is 1. The van der Waals surface area contributed by atoms with Crippen LogP contribution >= 0.6 is 24.0 Å². The van der Waals surface area contributed by atoms with Crippen LogP contribution in [-0.4, -0.2) is 37.5 Å². The lowest BCUT2D eigenvalue weighted by Crippen LogP contribution is -2.48. The molecule has 1 aliphatic rings. The zero-order valence-corrected chi connectivity index (χ0v) is 19.4. The van der Waals surface area contributed by atoms with E-state index < -0.39 is 0 Å². The van der Waals surface area contributed by atoms with E-state index in [9.17, 15) is 4.79 Å². The molecule has 1 fully saturated rings. The lowest BCUT2D eigenvalue weighted by molar-refractivity contribution is -0.121. The van der Waals surface area contributed by atoms with Crippen LogP contribution in [0.15, 0.2) is 35.3 Å². The molecule has 0 heterocycles. The molecule has 1 saturated carbocycles. The van der Waals surface area contributed by atoms with Gasteiger partial charge in [0.25, 0.3) is 0 Å². The predicted molar refractivity (Wildman–Crippen MR) is 124 cm³/mol. The number of carbonyl (C=O) groups excluding carboxylic acids is 1. The lowest BCUT2D eigenvalue weighted by Gasteiger charge is -2.29. The average Bonchev–Trinajstić information content (AvgIpc) is 2.61. The maximum absolute atomic E-state index is 11.9. The number of carbonyl (C=O) groups is 1. The molecule has 27 heavy (non-hydrogen) atoms. The Morgan fingerprint density at radius 2 is 1.70 bits per heavy atom. The summed E-state index contributed by atoms with van der Waals surface area (Å²) in [5.74, 6) is 2.03. The summed E-state index contributed by atoms with van der Waals surface area (Å²) < 4.78 is 0. The maximum atomic E-state index is 11.9. The van der Waals surface area contributed by atoms with Gasteiger partial charge in [-0.3, -0.25) is 9.79 Å². The molecule has 0 spiro atoms. The van der Waals surface area contributed by atoms with Gasteiger partial charge in [-0.1, -0.05) is 30.3 Å². The van der Waals surface area contributed by atoms with Crippen LogP contribution in [0.2, 0.25) is 0 Å². The van der Waals surface area contributed by atoms with Crippen LogP contribution in [0.25, 0.3) is 0 Å². The molecule has 1 aromatic carbocycles. The number of benzene rings is 1. The first-order valence-corrected chi connectivity index (χ1v) is 9.68. The molecule has 0 radical (unpaired) electrons. The van der Waals surface area contributed by atoms with Gasteiger partial charge in [-0.15, -0.1) is 24.0 Å². The van der Waals surface area contributed by atoms with Crippen LogP contribution in [0.3, 0.4) is 0 Å². The van der Waals surface area contributed by atoms with Crippen molar-refractivity contribution in [3.8, 4) is 0 Å². The fraction of sp³-hybridized carbons (Fsp3) is 0.619. The normalized spacial score (nSPS) is 20.4. The second-order valence-electron chi connectivity index (χ2n) is 8.23. The van der Waals surface area contributed by atoms with Gasteiger partial charge < -0.3 is 16.0 Å². The number of guanidine groups is 1. The Bertz CT molecular complexity index is 590. The summed E-state index contributed by atoms with van der Waals surface area (Å²) in [6.07, 6.45) is 4.95. The van der Waals surface area contributed by atoms with E-state index in [0.717, 1.165) is 6.54 Å². The summed E-state index contributed by atoms with van der Waals surface area (Å²) in [5.41, 5.74) is 1.26. The monoisotopic (exact) mass is 486 g/mol. The summed E-state index contributed by atoms with van der Waals surface area (Å²) in [5, 5.41) is 9.40. The van der Waals surface area contributed by atoms with Gasteiger partial charge >= 0.3 is 0 Å². The maximum Gasteiger partial charge on any atom is 0.239 e. The highest BCUT2D eigenvalue weighted by molar-refractivity contribution is 14.0. The third-order valence-electron chi connectivity index (χ3n) is 4.83. The first kappa shape index (κ1) is 23.7. The Morgan fingerprint density at radius 1 is 1.07 bits per heavy atom. The fourth-order valence-electron chi connectivity index (χ4n) is 3.51. The van der Waals surface area contributed by atoms with Gasteiger partial charge in [0.2, 0.25) is 5.91 Å². The lowest BCUT2D eigenvalue weighted by atomic mass is 9.79. The van der Waals surface area contributed by atoms with Crippen LogP contribution in [0.1, 0.15) is 57.9 Å². The van der Waals surface area contributed by atoms with E-state index in [1.165, 1.54) is 31.2 Å². The summed E-state index contributed by atoms with van der Waals surface area (Å²) in [6, 6.07) is 10.8. The highest BCUT2D eigenvalue weighted by Gasteiger charge is 2.22. The van der Waals surface area contributed by atoms with Gasteiger partial charge in [-0.25, -0.2) is 0 Å². The second-order valence-corrected chi connectivity index (χ2v) is 8.23. The molecule has 0 atom stereocenters. The minimum absolute atomic E-state index is 0. The molecule has 0 aromatic heterocycles. The topological polar surface area (TPSA) is 65.5 Å². The number of hydrogen-bond acceptors (Lipinski definition) is 2. The zero-order chi connectivity index (χ0) is 19.0. The Morgan fingerprint density at radius 3 is 2.26 bits per heavy atom. The molecule has 5 nitrogen and oxygen atoms in total. The van der Waals surface area contributed by atoms with Gasteiger partial charge in [-0.2, -0.15) is 0 Å². The van der Waals surface area contributed by atoms with Gasteiger partial charge in [0.15, 0.2) is 5.96 Å². The number of nitrogens with zero attached hydrogens (tertiary/aromatic N) is 1. The van der Waals surface area contributed by atoms with Crippen LogP contribution in [-0.2, 0) is 4.79 Å². The van der Waals surface area contributed by atoms with Gasteiger partial charge in [0, 0.05) is 19.1 Å². The summed E-state index contributed by atoms with van der Waals surface area (Å²) in [6.45, 7) is 7.07. The van der Waals surface area contributed by atoms with E-state index in [-0.39, 0.29) is 42.0 Å². The standard InChI is InChI=1S/C21H34N4O.HI/c1-21(2,3)25-19(26)15-24-20(22-4)23-14-16-10-12-18(13-11-16)17-8-6-5-7-9-17;/h5-9,16,18H,10-15H2,1-4H3,(H,25,26)(H2,22,23,24);1H. The summed E-state index contributed by atoms with van der Waals surface area (Å²) in [7, 11) is 1.74. The van der Waals surface area contributed by atoms with Crippen molar-refractivity contribution >= 4 is 35.8 Å². The van der Waals surface area contributed by atoms with Crippen molar-refractivity contribution in [1.29, 1.82) is 0 Å². The van der Waals surface area contributed by atoms with Gasteiger partial charge in [0.05, 0.1) is 6.54 Å². The largest absolute Gasteiger partial charge is 0.356 e. The molecule has 0 unspecified atom stereocenters. The highest BCUT2D eigenvalue weighted by atomic mass is 127. The number of amides is 1. The molecular weight excluding hydrogens is 451 g/mol. The van der Waals surface area contributed by atoms with Crippen molar-refractivity contribution in [3.63, 3.8) is 0 Å². The van der Waals surface area contributed by atoms with Crippen molar-refractivity contribution in [2.45, 2.75) is 57.9 Å². The van der Waals surface area contributed by atoms with Crippen LogP contribution in [0.5, 0.6) is 0 Å². The molecule has 2 rings (SSSR count). The Balaban J connectivity index is 0.00000364. The van der Waals surface area contributed by atoms with Crippen molar-refractivity contribution < 1.29 is 4.79 Å². The molecule has 0 saturated heterocycles. The minimum Gasteiger partial charge on any atom is -0.356 e. The molecule has 3 N–H and O–H groups in total. The highest BCUT2D eigenvalue weighted by Crippen LogP contribution is 2.35. The number of hydrogen-bond donors (Lipinski definition) is 3. The van der Waals surface area contributed by atoms with E-state index in [1.807, 2.05) is 20.8 Å². The van der Waals surface area contributed by atoms with Crippen molar-refractivity contribution in [1.82, 2.24) is 16.0 Å². The van der Waals surface area contributed by atoms with E-state index in [4.69, 9.17) is 0 Å². The Hall–Kier alpha value is -1.31. The van der Waals surface area contributed by atoms with Crippen LogP contribution in [0, 0.1) is 5.92 Å². The predicted octanol–water partition coefficient (Wildman–Crippen LogP) is 3.66.